The Kier molecular flexibility index (Phi) is 4.56. The number of furan rings is 1. The summed E-state index contributed by atoms with van der Waals surface area (Å²) >= 11 is 0. The normalized spacial score (nSPS) is 12.6. The Hall–Kier alpha value is -1.58. The van der Waals surface area contributed by atoms with E-state index in [-0.39, 0.29) is 0 Å². The van der Waals surface area contributed by atoms with Crippen LogP contribution in [0.25, 0.3) is 0 Å². The minimum atomic E-state index is -0.480. The van der Waals surface area contributed by atoms with Crippen molar-refractivity contribution in [3.63, 3.8) is 0 Å². The summed E-state index contributed by atoms with van der Waals surface area (Å²) in [6.45, 7) is 3.23. The van der Waals surface area contributed by atoms with E-state index in [0.29, 0.717) is 13.1 Å². The van der Waals surface area contributed by atoms with Gasteiger partial charge >= 0.3 is 0 Å². The second-order valence-electron chi connectivity index (χ2n) is 4.28. The fraction of sp³-hybridized carbons (Fsp3) is 0.333. The average molecular weight is 245 g/mol. The van der Waals surface area contributed by atoms with Crippen molar-refractivity contribution >= 4 is 0 Å². The molecule has 0 aliphatic carbocycles. The van der Waals surface area contributed by atoms with Crippen LogP contribution < -0.4 is 5.32 Å². The second-order valence-corrected chi connectivity index (χ2v) is 4.28. The summed E-state index contributed by atoms with van der Waals surface area (Å²) in [7, 11) is 0. The monoisotopic (exact) mass is 245 g/mol. The summed E-state index contributed by atoms with van der Waals surface area (Å²) in [6.07, 6.45) is 0.430. The molecular weight excluding hydrogens is 226 g/mol. The van der Waals surface area contributed by atoms with Gasteiger partial charge < -0.3 is 14.8 Å². The van der Waals surface area contributed by atoms with Gasteiger partial charge in [0.1, 0.15) is 11.5 Å². The van der Waals surface area contributed by atoms with Gasteiger partial charge in [-0.05, 0) is 17.7 Å². The van der Waals surface area contributed by atoms with Crippen molar-refractivity contribution in [1.29, 1.82) is 0 Å². The molecule has 0 saturated heterocycles. The SMILES string of the molecule is CCc1ccc(CNCC(O)c2ccccc2)o1. The lowest BCUT2D eigenvalue weighted by Gasteiger charge is -2.11. The quantitative estimate of drug-likeness (QED) is 0.822. The maximum absolute atomic E-state index is 9.96. The number of nitrogens with one attached hydrogen (secondary N) is 1. The van der Waals surface area contributed by atoms with Gasteiger partial charge in [-0.3, -0.25) is 0 Å². The van der Waals surface area contributed by atoms with Crippen LogP contribution in [0.1, 0.15) is 30.1 Å². The van der Waals surface area contributed by atoms with Crippen LogP contribution >= 0.6 is 0 Å². The van der Waals surface area contributed by atoms with Crippen LogP contribution in [-0.2, 0) is 13.0 Å². The van der Waals surface area contributed by atoms with Crippen molar-refractivity contribution < 1.29 is 9.52 Å². The Balaban J connectivity index is 1.78. The number of benzene rings is 1. The maximum Gasteiger partial charge on any atom is 0.117 e. The molecule has 1 unspecified atom stereocenters. The van der Waals surface area contributed by atoms with Crippen molar-refractivity contribution in [1.82, 2.24) is 5.32 Å². The lowest BCUT2D eigenvalue weighted by molar-refractivity contribution is 0.173. The van der Waals surface area contributed by atoms with Gasteiger partial charge in [-0.1, -0.05) is 37.3 Å². The van der Waals surface area contributed by atoms with E-state index in [1.807, 2.05) is 42.5 Å². The fourth-order valence-electron chi connectivity index (χ4n) is 1.83. The summed E-state index contributed by atoms with van der Waals surface area (Å²) in [5.74, 6) is 1.91. The molecule has 0 aliphatic heterocycles. The van der Waals surface area contributed by atoms with Gasteiger partial charge in [0.25, 0.3) is 0 Å². The van der Waals surface area contributed by atoms with Crippen LogP contribution in [0, 0.1) is 0 Å². The van der Waals surface area contributed by atoms with Gasteiger partial charge in [0.05, 0.1) is 12.6 Å². The van der Waals surface area contributed by atoms with Crippen molar-refractivity contribution in [2.24, 2.45) is 0 Å². The molecule has 1 aromatic carbocycles. The molecule has 3 heteroatoms. The van der Waals surface area contributed by atoms with E-state index in [2.05, 4.69) is 12.2 Å². The average Bonchev–Trinajstić information content (AvgIpc) is 2.87. The Labute approximate surface area is 107 Å². The Morgan fingerprint density at radius 2 is 1.83 bits per heavy atom. The molecule has 0 spiro atoms. The number of aryl methyl sites for hydroxylation is 1. The molecule has 2 aromatic rings. The zero-order valence-electron chi connectivity index (χ0n) is 10.6. The molecule has 1 aromatic heterocycles. The molecule has 0 amide bonds. The third-order valence-electron chi connectivity index (χ3n) is 2.89. The Morgan fingerprint density at radius 1 is 1.11 bits per heavy atom. The third-order valence-corrected chi connectivity index (χ3v) is 2.89. The third kappa shape index (κ3) is 3.45. The van der Waals surface area contributed by atoms with Crippen LogP contribution in [0.4, 0.5) is 0 Å². The van der Waals surface area contributed by atoms with Gasteiger partial charge in [0, 0.05) is 13.0 Å². The molecule has 1 atom stereocenters. The zero-order chi connectivity index (χ0) is 12.8. The molecule has 0 aliphatic rings. The number of rotatable bonds is 6. The minimum Gasteiger partial charge on any atom is -0.465 e. The highest BCUT2D eigenvalue weighted by molar-refractivity contribution is 5.17. The minimum absolute atomic E-state index is 0.480. The first-order valence-corrected chi connectivity index (χ1v) is 6.31. The van der Waals surface area contributed by atoms with Crippen LogP contribution in [0.2, 0.25) is 0 Å². The van der Waals surface area contributed by atoms with Gasteiger partial charge in [-0.2, -0.15) is 0 Å². The number of aliphatic hydroxyl groups is 1. The molecule has 0 radical (unpaired) electrons. The molecular formula is C15H19NO2. The smallest absolute Gasteiger partial charge is 0.117 e. The second kappa shape index (κ2) is 6.38. The van der Waals surface area contributed by atoms with E-state index in [4.69, 9.17) is 4.42 Å². The summed E-state index contributed by atoms with van der Waals surface area (Å²) in [5, 5.41) is 13.2. The number of hydrogen-bond acceptors (Lipinski definition) is 3. The molecule has 0 bridgehead atoms. The highest BCUT2D eigenvalue weighted by Crippen LogP contribution is 2.12. The molecule has 18 heavy (non-hydrogen) atoms. The van der Waals surface area contributed by atoms with Crippen LogP contribution in [0.5, 0.6) is 0 Å². The summed E-state index contributed by atoms with van der Waals surface area (Å²) in [5.41, 5.74) is 0.929. The maximum atomic E-state index is 9.96. The van der Waals surface area contributed by atoms with Crippen molar-refractivity contribution in [3.05, 3.63) is 59.5 Å². The molecule has 2 N–H and O–H groups in total. The molecule has 96 valence electrons. The lowest BCUT2D eigenvalue weighted by Crippen LogP contribution is -2.20. The lowest BCUT2D eigenvalue weighted by atomic mass is 10.1. The fourth-order valence-corrected chi connectivity index (χ4v) is 1.83. The van der Waals surface area contributed by atoms with Crippen molar-refractivity contribution in [2.75, 3.05) is 6.54 Å². The van der Waals surface area contributed by atoms with E-state index < -0.39 is 6.10 Å². The number of hydrogen-bond donors (Lipinski definition) is 2. The molecule has 0 saturated carbocycles. The van der Waals surface area contributed by atoms with Crippen LogP contribution in [0.15, 0.2) is 46.9 Å². The van der Waals surface area contributed by atoms with Gasteiger partial charge in [0.15, 0.2) is 0 Å². The van der Waals surface area contributed by atoms with Crippen LogP contribution in [-0.4, -0.2) is 11.7 Å². The summed E-state index contributed by atoms with van der Waals surface area (Å²) < 4.78 is 5.58. The number of aliphatic hydroxyl groups excluding tert-OH is 1. The summed E-state index contributed by atoms with van der Waals surface area (Å²) in [6, 6.07) is 13.6. The first kappa shape index (κ1) is 12.9. The molecule has 0 fully saturated rings. The predicted octanol–water partition coefficient (Wildman–Crippen LogP) is 2.67. The van der Waals surface area contributed by atoms with Gasteiger partial charge in [-0.15, -0.1) is 0 Å². The van der Waals surface area contributed by atoms with E-state index in [0.717, 1.165) is 23.5 Å². The molecule has 2 rings (SSSR count). The summed E-state index contributed by atoms with van der Waals surface area (Å²) in [4.78, 5) is 0. The highest BCUT2D eigenvalue weighted by atomic mass is 16.3. The first-order valence-electron chi connectivity index (χ1n) is 6.31. The van der Waals surface area contributed by atoms with Crippen molar-refractivity contribution in [2.45, 2.75) is 26.0 Å². The topological polar surface area (TPSA) is 45.4 Å². The largest absolute Gasteiger partial charge is 0.465 e. The van der Waals surface area contributed by atoms with Crippen LogP contribution in [0.3, 0.4) is 0 Å². The first-order chi connectivity index (χ1) is 8.79. The Bertz CT molecular complexity index is 464. The predicted molar refractivity (Wildman–Crippen MR) is 71.2 cm³/mol. The zero-order valence-corrected chi connectivity index (χ0v) is 10.6. The van der Waals surface area contributed by atoms with Crippen molar-refractivity contribution in [3.8, 4) is 0 Å². The van der Waals surface area contributed by atoms with Gasteiger partial charge in [-0.25, -0.2) is 0 Å². The van der Waals surface area contributed by atoms with E-state index in [1.54, 1.807) is 0 Å². The Morgan fingerprint density at radius 3 is 2.50 bits per heavy atom. The molecule has 1 heterocycles. The van der Waals surface area contributed by atoms with E-state index in [1.165, 1.54) is 0 Å². The van der Waals surface area contributed by atoms with Gasteiger partial charge in [0.2, 0.25) is 0 Å². The van der Waals surface area contributed by atoms with E-state index in [9.17, 15) is 5.11 Å². The molecule has 3 nitrogen and oxygen atoms in total. The standard InChI is InChI=1S/C15H19NO2/c1-2-13-8-9-14(18-13)10-16-11-15(17)12-6-4-3-5-7-12/h3-9,15-17H,2,10-11H2,1H3. The van der Waals surface area contributed by atoms with E-state index >= 15 is 0 Å². The highest BCUT2D eigenvalue weighted by Gasteiger charge is 2.06.